The van der Waals surface area contributed by atoms with Gasteiger partial charge in [0.2, 0.25) is 0 Å². The number of piperidine rings is 2. The van der Waals surface area contributed by atoms with Crippen molar-refractivity contribution in [2.24, 2.45) is 5.41 Å². The van der Waals surface area contributed by atoms with Crippen LogP contribution in [-0.4, -0.2) is 84.2 Å². The Morgan fingerprint density at radius 3 is 2.59 bits per heavy atom. The quantitative estimate of drug-likeness (QED) is 0.316. The molecule has 1 saturated carbocycles. The normalized spacial score (nSPS) is 20.0. The number of ether oxygens (including phenoxy) is 1. The molecule has 3 aliphatic rings. The molecule has 2 aliphatic heterocycles. The molecule has 0 bridgehead atoms. The van der Waals surface area contributed by atoms with Crippen molar-refractivity contribution in [2.45, 2.75) is 57.1 Å². The predicted octanol–water partition coefficient (Wildman–Crippen LogP) is 3.34. The number of nitriles is 1. The number of aromatic nitrogens is 2. The zero-order valence-corrected chi connectivity index (χ0v) is 26.9. The third-order valence-electron chi connectivity index (χ3n) is 9.99. The second-order valence-corrected chi connectivity index (χ2v) is 14.8. The highest BCUT2D eigenvalue weighted by atomic mass is 32.2. The Hall–Kier alpha value is -3.61. The molecule has 12 nitrogen and oxygen atoms in total. The van der Waals surface area contributed by atoms with Gasteiger partial charge in [-0.1, -0.05) is 6.92 Å². The van der Waals surface area contributed by atoms with E-state index >= 15 is 0 Å². The fourth-order valence-electron chi connectivity index (χ4n) is 6.99. The molecule has 246 valence electrons. The summed E-state index contributed by atoms with van der Waals surface area (Å²) in [6.45, 7) is 6.13. The lowest BCUT2D eigenvalue weighted by Crippen LogP contribution is -2.54. The zero-order valence-electron chi connectivity index (χ0n) is 26.1. The molecular weight excluding hydrogens is 613 g/mol. The highest BCUT2D eigenvalue weighted by Gasteiger charge is 2.47. The van der Waals surface area contributed by atoms with Crippen LogP contribution in [-0.2, 0) is 10.2 Å². The van der Waals surface area contributed by atoms with Crippen molar-refractivity contribution in [3.05, 3.63) is 58.4 Å². The van der Waals surface area contributed by atoms with Gasteiger partial charge in [0, 0.05) is 26.2 Å². The van der Waals surface area contributed by atoms with Crippen molar-refractivity contribution in [1.29, 1.82) is 5.26 Å². The summed E-state index contributed by atoms with van der Waals surface area (Å²) in [6.07, 6.45) is 6.96. The number of hydrogen-bond donors (Lipinski definition) is 3. The Labute approximate surface area is 268 Å². The molecule has 0 amide bonds. The van der Waals surface area contributed by atoms with Gasteiger partial charge >= 0.3 is 10.2 Å². The first-order valence-electron chi connectivity index (χ1n) is 15.8. The van der Waals surface area contributed by atoms with Gasteiger partial charge < -0.3 is 20.1 Å². The van der Waals surface area contributed by atoms with Gasteiger partial charge in [0.1, 0.15) is 17.4 Å². The molecule has 1 aromatic heterocycles. The predicted molar refractivity (Wildman–Crippen MR) is 171 cm³/mol. The fourth-order valence-corrected chi connectivity index (χ4v) is 7.94. The minimum absolute atomic E-state index is 0.0164. The lowest BCUT2D eigenvalue weighted by molar-refractivity contribution is -0.0558. The molecular formula is C32H40FN7O5S. The van der Waals surface area contributed by atoms with Crippen LogP contribution >= 0.6 is 0 Å². The lowest BCUT2D eigenvalue weighted by atomic mass is 9.60. The summed E-state index contributed by atoms with van der Waals surface area (Å²) in [6, 6.07) is 8.63. The summed E-state index contributed by atoms with van der Waals surface area (Å²) >= 11 is 0. The molecule has 3 heterocycles. The molecule has 2 aromatic carbocycles. The zero-order chi connectivity index (χ0) is 32.7. The summed E-state index contributed by atoms with van der Waals surface area (Å²) in [5.74, 6) is -1.20. The number of anilines is 1. The van der Waals surface area contributed by atoms with Gasteiger partial charge in [0.05, 0.1) is 28.5 Å². The van der Waals surface area contributed by atoms with Gasteiger partial charge in [-0.3, -0.25) is 14.1 Å². The number of β-amino-alcohol motifs (C(OH)–C–C–N with tert-alkyl or cyclic N) is 1. The topological polar surface area (TPSA) is 153 Å². The number of benzene rings is 2. The van der Waals surface area contributed by atoms with Gasteiger partial charge in [0.15, 0.2) is 11.6 Å². The Morgan fingerprint density at radius 1 is 1.20 bits per heavy atom. The van der Waals surface area contributed by atoms with Crippen molar-refractivity contribution in [2.75, 3.05) is 51.0 Å². The van der Waals surface area contributed by atoms with E-state index in [9.17, 15) is 28.0 Å². The van der Waals surface area contributed by atoms with Crippen LogP contribution in [0.2, 0.25) is 0 Å². The van der Waals surface area contributed by atoms with Crippen LogP contribution in [0.1, 0.15) is 57.1 Å². The molecule has 14 heteroatoms. The minimum Gasteiger partial charge on any atom is -0.453 e. The second kappa shape index (κ2) is 12.5. The van der Waals surface area contributed by atoms with E-state index in [4.69, 9.17) is 4.74 Å². The molecule has 3 N–H and O–H groups in total. The number of nitrogens with one attached hydrogen (secondary N) is 2. The Balaban J connectivity index is 1.17. The summed E-state index contributed by atoms with van der Waals surface area (Å²) in [7, 11) is -2.60. The molecule has 6 rings (SSSR count). The average molecular weight is 654 g/mol. The van der Waals surface area contributed by atoms with Gasteiger partial charge in [-0.2, -0.15) is 18.0 Å². The van der Waals surface area contributed by atoms with Crippen LogP contribution in [0.3, 0.4) is 0 Å². The van der Waals surface area contributed by atoms with E-state index in [0.717, 1.165) is 81.1 Å². The van der Waals surface area contributed by atoms with E-state index < -0.39 is 27.4 Å². The number of aliphatic hydroxyl groups is 1. The van der Waals surface area contributed by atoms with Crippen LogP contribution in [0.4, 0.5) is 10.1 Å². The first-order chi connectivity index (χ1) is 21.9. The maximum atomic E-state index is 15.0. The monoisotopic (exact) mass is 653 g/mol. The number of hydrogen-bond acceptors (Lipinski definition) is 9. The van der Waals surface area contributed by atoms with Crippen molar-refractivity contribution in [3.8, 4) is 17.6 Å². The van der Waals surface area contributed by atoms with Crippen molar-refractivity contribution >= 4 is 26.8 Å². The van der Waals surface area contributed by atoms with Crippen LogP contribution in [0.5, 0.6) is 11.5 Å². The highest BCUT2D eigenvalue weighted by molar-refractivity contribution is 7.90. The summed E-state index contributed by atoms with van der Waals surface area (Å²) < 4.78 is 50.9. The smallest absolute Gasteiger partial charge is 0.301 e. The Bertz CT molecular complexity index is 1820. The van der Waals surface area contributed by atoms with Gasteiger partial charge in [0.25, 0.3) is 5.56 Å². The molecule has 0 unspecified atom stereocenters. The fraction of sp³-hybridized carbons (Fsp3) is 0.531. The standard InChI is InChI=1S/C32H40FN7O5S/c1-3-38(2)46(43,44)37-28-7-5-26(33)29(25(28)19-34)45-23-4-6-27-24(16-23)30(41)40(21-36-27)22-17-31(18-22)10-14-39(15-11-31)20-32(42)8-12-35-13-9-32/h4-7,16,21-22,35,37,42H,3,8-15,17-18,20H2,1-2H3. The van der Waals surface area contributed by atoms with Gasteiger partial charge in [-0.05, 0) is 100 Å². The molecule has 0 atom stereocenters. The lowest BCUT2D eigenvalue weighted by Gasteiger charge is -2.53. The molecule has 0 radical (unpaired) electrons. The first-order valence-corrected chi connectivity index (χ1v) is 17.2. The van der Waals surface area contributed by atoms with E-state index in [1.54, 1.807) is 23.9 Å². The molecule has 1 aliphatic carbocycles. The summed E-state index contributed by atoms with van der Waals surface area (Å²) in [5.41, 5.74) is -0.661. The maximum absolute atomic E-state index is 15.0. The SMILES string of the molecule is CCN(C)S(=O)(=O)Nc1ccc(F)c(Oc2ccc3ncn(C4CC5(CCN(CC6(O)CCNCC6)CC5)C4)c(=O)c3c2)c1C#N. The molecule has 3 fully saturated rings. The van der Waals surface area contributed by atoms with E-state index in [1.807, 2.05) is 6.07 Å². The minimum atomic E-state index is -3.98. The van der Waals surface area contributed by atoms with Crippen molar-refractivity contribution in [1.82, 2.24) is 24.1 Å². The maximum Gasteiger partial charge on any atom is 0.301 e. The van der Waals surface area contributed by atoms with Crippen LogP contribution in [0.15, 0.2) is 41.5 Å². The number of nitrogens with zero attached hydrogens (tertiary/aromatic N) is 5. The molecule has 2 saturated heterocycles. The molecule has 46 heavy (non-hydrogen) atoms. The largest absolute Gasteiger partial charge is 0.453 e. The number of rotatable bonds is 9. The van der Waals surface area contributed by atoms with E-state index in [1.165, 1.54) is 19.2 Å². The van der Waals surface area contributed by atoms with Crippen LogP contribution in [0, 0.1) is 22.6 Å². The van der Waals surface area contributed by atoms with Gasteiger partial charge in [-0.15, -0.1) is 0 Å². The Kier molecular flexibility index (Phi) is 8.81. The number of likely N-dealkylation sites (tertiary alicyclic amines) is 1. The average Bonchev–Trinajstić information content (AvgIpc) is 3.02. The van der Waals surface area contributed by atoms with E-state index in [2.05, 4.69) is 19.9 Å². The second-order valence-electron chi connectivity index (χ2n) is 13.0. The van der Waals surface area contributed by atoms with Crippen molar-refractivity contribution < 1.29 is 22.7 Å². The Morgan fingerprint density at radius 2 is 1.91 bits per heavy atom. The van der Waals surface area contributed by atoms with E-state index in [0.29, 0.717) is 17.4 Å². The number of halogens is 1. The summed E-state index contributed by atoms with van der Waals surface area (Å²) in [4.78, 5) is 20.5. The van der Waals surface area contributed by atoms with Gasteiger partial charge in [-0.25, -0.2) is 9.37 Å². The van der Waals surface area contributed by atoms with Crippen molar-refractivity contribution in [3.63, 3.8) is 0 Å². The third-order valence-corrected chi connectivity index (χ3v) is 11.5. The summed E-state index contributed by atoms with van der Waals surface area (Å²) in [5, 5.41) is 24.4. The van der Waals surface area contributed by atoms with Crippen LogP contribution < -0.4 is 20.3 Å². The number of fused-ring (bicyclic) bond motifs is 1. The van der Waals surface area contributed by atoms with E-state index in [-0.39, 0.29) is 40.6 Å². The first kappa shape index (κ1) is 32.3. The molecule has 1 spiro atoms. The van der Waals surface area contributed by atoms with Crippen LogP contribution in [0.25, 0.3) is 10.9 Å². The third kappa shape index (κ3) is 6.34. The molecule has 3 aromatic rings. The highest BCUT2D eigenvalue weighted by Crippen LogP contribution is 2.54.